The zero-order valence-corrected chi connectivity index (χ0v) is 24.5. The van der Waals surface area contributed by atoms with Crippen molar-refractivity contribution in [1.82, 2.24) is 29.1 Å². The summed E-state index contributed by atoms with van der Waals surface area (Å²) in [6.07, 6.45) is 7.72. The molecule has 1 aromatic carbocycles. The Balaban J connectivity index is 1.62. The van der Waals surface area contributed by atoms with Gasteiger partial charge in [-0.25, -0.2) is 22.9 Å². The van der Waals surface area contributed by atoms with Gasteiger partial charge in [-0.1, -0.05) is 23.7 Å². The minimum absolute atomic E-state index is 0.183. The van der Waals surface area contributed by atoms with Crippen LogP contribution in [0.25, 0.3) is 11.6 Å². The second-order valence-corrected chi connectivity index (χ2v) is 12.6. The molecule has 40 heavy (non-hydrogen) atoms. The van der Waals surface area contributed by atoms with Crippen molar-refractivity contribution < 1.29 is 17.9 Å². The molecule has 1 N–H and O–H groups in total. The number of carbonyl (C=O) groups excluding carboxylic acids is 1. The molecule has 10 nitrogen and oxygen atoms in total. The molecular formula is C28H33ClN6O4S. The van der Waals surface area contributed by atoms with Crippen molar-refractivity contribution >= 4 is 39.4 Å². The predicted octanol–water partition coefficient (Wildman–Crippen LogP) is 3.87. The summed E-state index contributed by atoms with van der Waals surface area (Å²) in [5.41, 5.74) is 4.92. The molecule has 2 aromatic heterocycles. The smallest absolute Gasteiger partial charge is 0.410 e. The van der Waals surface area contributed by atoms with Gasteiger partial charge in [0.1, 0.15) is 0 Å². The number of amides is 1. The lowest BCUT2D eigenvalue weighted by Crippen LogP contribution is -2.50. The number of nitrogens with one attached hydrogen (secondary N) is 1. The minimum atomic E-state index is -3.61. The van der Waals surface area contributed by atoms with E-state index in [9.17, 15) is 13.2 Å². The molecule has 1 saturated heterocycles. The third-order valence-electron chi connectivity index (χ3n) is 7.13. The fourth-order valence-electron chi connectivity index (χ4n) is 5.38. The number of pyridine rings is 1. The fourth-order valence-corrected chi connectivity index (χ4v) is 6.23. The molecule has 1 amide bonds. The van der Waals surface area contributed by atoms with Gasteiger partial charge in [0.05, 0.1) is 48.4 Å². The van der Waals surface area contributed by atoms with Crippen molar-refractivity contribution in [2.24, 2.45) is 7.05 Å². The van der Waals surface area contributed by atoms with Crippen LogP contribution in [0.15, 0.2) is 49.1 Å². The molecule has 2 unspecified atom stereocenters. The second-order valence-electron chi connectivity index (χ2n) is 10.4. The molecule has 0 radical (unpaired) electrons. The highest BCUT2D eigenvalue weighted by Crippen LogP contribution is 2.44. The van der Waals surface area contributed by atoms with E-state index >= 15 is 0 Å². The number of halogens is 1. The molecule has 0 saturated carbocycles. The summed E-state index contributed by atoms with van der Waals surface area (Å²) < 4.78 is 35.3. The fraction of sp³-hybridized carbons (Fsp3) is 0.393. The summed E-state index contributed by atoms with van der Waals surface area (Å²) in [5.74, 6) is 0. The Bertz CT molecular complexity index is 1550. The van der Waals surface area contributed by atoms with E-state index in [4.69, 9.17) is 21.3 Å². The zero-order valence-electron chi connectivity index (χ0n) is 22.9. The van der Waals surface area contributed by atoms with Crippen LogP contribution >= 0.6 is 11.6 Å². The number of piperazine rings is 1. The maximum absolute atomic E-state index is 12.6. The minimum Gasteiger partial charge on any atom is -0.447 e. The van der Waals surface area contributed by atoms with E-state index in [0.29, 0.717) is 36.9 Å². The van der Waals surface area contributed by atoms with Crippen LogP contribution in [0.1, 0.15) is 54.0 Å². The summed E-state index contributed by atoms with van der Waals surface area (Å²) in [5, 5.41) is 0.534. The van der Waals surface area contributed by atoms with Gasteiger partial charge in [0.25, 0.3) is 0 Å². The summed E-state index contributed by atoms with van der Waals surface area (Å²) in [6.45, 7) is 5.93. The average Bonchev–Trinajstić information content (AvgIpc) is 3.26. The Hall–Kier alpha value is -3.25. The van der Waals surface area contributed by atoms with E-state index in [1.54, 1.807) is 28.2 Å². The average molecular weight is 585 g/mol. The van der Waals surface area contributed by atoms with Crippen molar-refractivity contribution in [1.29, 1.82) is 0 Å². The lowest BCUT2D eigenvalue weighted by Gasteiger charge is -2.39. The van der Waals surface area contributed by atoms with Gasteiger partial charge in [0, 0.05) is 44.4 Å². The van der Waals surface area contributed by atoms with Crippen LogP contribution in [0.3, 0.4) is 0 Å². The molecule has 2 atom stereocenters. The standard InChI is InChI=1S/C28H33ClN6O4S/c1-18(2)39-28(36)35-12-10-34(11-13-35)27-21-8-7-20(29)15-22(21)23(14-19-6-5-9-31-25(19)27)26(32-40(4,37)38)24-16-30-17-33(24)3/h5-9,14-18,26-27,32H,10-13H2,1-4H3. The quantitative estimate of drug-likeness (QED) is 0.468. The Kier molecular flexibility index (Phi) is 8.01. The van der Waals surface area contributed by atoms with Crippen LogP contribution in [0.2, 0.25) is 5.02 Å². The van der Waals surface area contributed by atoms with Crippen molar-refractivity contribution in [3.05, 3.63) is 82.2 Å². The molecule has 12 heteroatoms. The SMILES string of the molecule is CC(C)OC(=O)N1CCN(C2c3ccc(Cl)cc3C(C(NS(C)(=O)=O)c3cncn3C)=Cc3cccnc32)CC1. The number of fused-ring (bicyclic) bond motifs is 2. The highest BCUT2D eigenvalue weighted by molar-refractivity contribution is 7.88. The van der Waals surface area contributed by atoms with Crippen LogP contribution in [-0.4, -0.2) is 77.4 Å². The molecule has 0 spiro atoms. The largest absolute Gasteiger partial charge is 0.447 e. The van der Waals surface area contributed by atoms with Gasteiger partial charge in [-0.3, -0.25) is 9.88 Å². The van der Waals surface area contributed by atoms with E-state index in [1.807, 2.05) is 57.3 Å². The second kappa shape index (κ2) is 11.3. The molecule has 3 heterocycles. The van der Waals surface area contributed by atoms with Crippen molar-refractivity contribution in [3.8, 4) is 0 Å². The number of hydrogen-bond acceptors (Lipinski definition) is 7. The van der Waals surface area contributed by atoms with Crippen molar-refractivity contribution in [3.63, 3.8) is 0 Å². The number of hydrogen-bond donors (Lipinski definition) is 1. The monoisotopic (exact) mass is 584 g/mol. The third kappa shape index (κ3) is 5.92. The number of ether oxygens (including phenoxy) is 1. The van der Waals surface area contributed by atoms with Gasteiger partial charge >= 0.3 is 6.09 Å². The number of carbonyl (C=O) groups is 1. The molecule has 1 fully saturated rings. The molecule has 212 valence electrons. The third-order valence-corrected chi connectivity index (χ3v) is 8.03. The lowest BCUT2D eigenvalue weighted by atomic mass is 9.90. The Labute approximate surface area is 239 Å². The highest BCUT2D eigenvalue weighted by atomic mass is 35.5. The van der Waals surface area contributed by atoms with Gasteiger partial charge in [-0.05, 0) is 60.4 Å². The number of rotatable bonds is 6. The predicted molar refractivity (Wildman–Crippen MR) is 154 cm³/mol. The molecule has 5 rings (SSSR count). The van der Waals surface area contributed by atoms with Crippen LogP contribution in [0, 0.1) is 0 Å². The molecule has 1 aliphatic heterocycles. The molecule has 3 aromatic rings. The van der Waals surface area contributed by atoms with E-state index in [2.05, 4.69) is 14.6 Å². The zero-order chi connectivity index (χ0) is 28.6. The Morgan fingerprint density at radius 3 is 2.58 bits per heavy atom. The van der Waals surface area contributed by atoms with Gasteiger partial charge < -0.3 is 14.2 Å². The summed E-state index contributed by atoms with van der Waals surface area (Å²) >= 11 is 6.56. The van der Waals surface area contributed by atoms with Gasteiger partial charge in [-0.15, -0.1) is 0 Å². The number of aromatic nitrogens is 3. The van der Waals surface area contributed by atoms with Gasteiger partial charge in [0.2, 0.25) is 10.0 Å². The number of nitrogens with zero attached hydrogens (tertiary/aromatic N) is 5. The van der Waals surface area contributed by atoms with Crippen molar-refractivity contribution in [2.75, 3.05) is 32.4 Å². The maximum Gasteiger partial charge on any atom is 0.410 e. The summed E-state index contributed by atoms with van der Waals surface area (Å²) in [6, 6.07) is 8.60. The maximum atomic E-state index is 12.6. The van der Waals surface area contributed by atoms with Gasteiger partial charge in [-0.2, -0.15) is 0 Å². The number of sulfonamides is 1. The normalized spacial score (nSPS) is 18.5. The van der Waals surface area contributed by atoms with Crippen LogP contribution < -0.4 is 4.72 Å². The number of imidazole rings is 1. The van der Waals surface area contributed by atoms with Crippen LogP contribution in [0.4, 0.5) is 4.79 Å². The molecular weight excluding hydrogens is 552 g/mol. The first-order chi connectivity index (χ1) is 19.0. The van der Waals surface area contributed by atoms with Crippen LogP contribution in [-0.2, 0) is 21.8 Å². The van der Waals surface area contributed by atoms with Crippen molar-refractivity contribution in [2.45, 2.75) is 32.0 Å². The topological polar surface area (TPSA) is 110 Å². The molecule has 1 aliphatic carbocycles. The highest BCUT2D eigenvalue weighted by Gasteiger charge is 2.36. The first-order valence-corrected chi connectivity index (χ1v) is 15.4. The first kappa shape index (κ1) is 28.3. The Morgan fingerprint density at radius 1 is 1.18 bits per heavy atom. The molecule has 2 aliphatic rings. The first-order valence-electron chi connectivity index (χ1n) is 13.1. The van der Waals surface area contributed by atoms with Gasteiger partial charge in [0.15, 0.2) is 0 Å². The number of benzene rings is 1. The molecule has 0 bridgehead atoms. The summed E-state index contributed by atoms with van der Waals surface area (Å²) in [4.78, 5) is 25.6. The summed E-state index contributed by atoms with van der Waals surface area (Å²) in [7, 11) is -1.78. The Morgan fingerprint density at radius 2 is 1.93 bits per heavy atom. The number of aryl methyl sites for hydroxylation is 1. The van der Waals surface area contributed by atoms with Crippen LogP contribution in [0.5, 0.6) is 0 Å². The lowest BCUT2D eigenvalue weighted by molar-refractivity contribution is 0.0513. The van der Waals surface area contributed by atoms with E-state index in [1.165, 1.54) is 0 Å². The van der Waals surface area contributed by atoms with E-state index in [-0.39, 0.29) is 18.2 Å². The van der Waals surface area contributed by atoms with E-state index < -0.39 is 16.1 Å². The van der Waals surface area contributed by atoms with E-state index in [0.717, 1.165) is 34.2 Å².